The standard InChI is InChI=1S/C16H18ClN3O/c1-20(2)14-9-8-12(17)10-13(14)19-16(21)15(18)11-6-4-3-5-7-11/h3-10,15H,18H2,1-2H3,(H,19,21)/t15-/m0/s1. The molecule has 110 valence electrons. The Morgan fingerprint density at radius 2 is 1.86 bits per heavy atom. The van der Waals surface area contributed by atoms with Crippen molar-refractivity contribution in [3.63, 3.8) is 0 Å². The fourth-order valence-corrected chi connectivity index (χ4v) is 2.19. The van der Waals surface area contributed by atoms with Crippen molar-refractivity contribution in [1.29, 1.82) is 0 Å². The number of benzene rings is 2. The molecule has 0 unspecified atom stereocenters. The van der Waals surface area contributed by atoms with Crippen molar-refractivity contribution in [2.24, 2.45) is 5.73 Å². The highest BCUT2D eigenvalue weighted by Gasteiger charge is 2.17. The van der Waals surface area contributed by atoms with Crippen LogP contribution in [0.3, 0.4) is 0 Å². The van der Waals surface area contributed by atoms with Gasteiger partial charge in [0.05, 0.1) is 11.4 Å². The molecule has 0 aromatic heterocycles. The largest absolute Gasteiger partial charge is 0.376 e. The Hall–Kier alpha value is -2.04. The molecular formula is C16H18ClN3O. The van der Waals surface area contributed by atoms with Crippen LogP contribution in [-0.4, -0.2) is 20.0 Å². The lowest BCUT2D eigenvalue weighted by atomic mass is 10.1. The molecule has 4 nitrogen and oxygen atoms in total. The predicted octanol–water partition coefficient (Wildman–Crippen LogP) is 3.04. The first-order valence-electron chi connectivity index (χ1n) is 6.57. The number of amides is 1. The quantitative estimate of drug-likeness (QED) is 0.912. The van der Waals surface area contributed by atoms with Crippen LogP contribution in [0.5, 0.6) is 0 Å². The van der Waals surface area contributed by atoms with Crippen molar-refractivity contribution in [3.05, 3.63) is 59.1 Å². The molecule has 0 aliphatic heterocycles. The van der Waals surface area contributed by atoms with Crippen molar-refractivity contribution in [2.75, 3.05) is 24.3 Å². The van der Waals surface area contributed by atoms with Gasteiger partial charge in [0.1, 0.15) is 6.04 Å². The van der Waals surface area contributed by atoms with E-state index in [4.69, 9.17) is 17.3 Å². The SMILES string of the molecule is CN(C)c1ccc(Cl)cc1NC(=O)[C@@H](N)c1ccccc1. The van der Waals surface area contributed by atoms with E-state index in [9.17, 15) is 4.79 Å². The minimum absolute atomic E-state index is 0.272. The molecule has 0 aliphatic carbocycles. The fourth-order valence-electron chi connectivity index (χ4n) is 2.02. The molecule has 0 radical (unpaired) electrons. The van der Waals surface area contributed by atoms with Gasteiger partial charge in [0.2, 0.25) is 5.91 Å². The van der Waals surface area contributed by atoms with E-state index < -0.39 is 6.04 Å². The zero-order valence-electron chi connectivity index (χ0n) is 12.0. The third kappa shape index (κ3) is 3.74. The van der Waals surface area contributed by atoms with Crippen molar-refractivity contribution in [1.82, 2.24) is 0 Å². The number of nitrogens with one attached hydrogen (secondary N) is 1. The van der Waals surface area contributed by atoms with Crippen LogP contribution in [0.1, 0.15) is 11.6 Å². The molecule has 0 spiro atoms. The minimum atomic E-state index is -0.722. The number of halogens is 1. The van der Waals surface area contributed by atoms with Crippen molar-refractivity contribution in [3.8, 4) is 0 Å². The van der Waals surface area contributed by atoms with Gasteiger partial charge in [-0.25, -0.2) is 0 Å². The molecule has 1 amide bonds. The molecule has 0 saturated heterocycles. The first kappa shape index (κ1) is 15.4. The number of nitrogens with two attached hydrogens (primary N) is 1. The number of nitrogens with zero attached hydrogens (tertiary/aromatic N) is 1. The van der Waals surface area contributed by atoms with Gasteiger partial charge in [0, 0.05) is 19.1 Å². The average molecular weight is 304 g/mol. The number of rotatable bonds is 4. The summed E-state index contributed by atoms with van der Waals surface area (Å²) < 4.78 is 0. The van der Waals surface area contributed by atoms with Gasteiger partial charge < -0.3 is 16.0 Å². The van der Waals surface area contributed by atoms with Gasteiger partial charge in [-0.15, -0.1) is 0 Å². The molecule has 1 atom stereocenters. The number of anilines is 2. The van der Waals surface area contributed by atoms with Gasteiger partial charge >= 0.3 is 0 Å². The first-order chi connectivity index (χ1) is 9.99. The monoisotopic (exact) mass is 303 g/mol. The summed E-state index contributed by atoms with van der Waals surface area (Å²) >= 11 is 6.00. The molecule has 0 saturated carbocycles. The third-order valence-electron chi connectivity index (χ3n) is 3.14. The van der Waals surface area contributed by atoms with Crippen molar-refractivity contribution in [2.45, 2.75) is 6.04 Å². The third-order valence-corrected chi connectivity index (χ3v) is 3.37. The molecule has 0 fully saturated rings. The van der Waals surface area contributed by atoms with E-state index in [1.54, 1.807) is 12.1 Å². The zero-order valence-corrected chi connectivity index (χ0v) is 12.8. The molecular weight excluding hydrogens is 286 g/mol. The summed E-state index contributed by atoms with van der Waals surface area (Å²) in [4.78, 5) is 14.2. The lowest BCUT2D eigenvalue weighted by Crippen LogP contribution is -2.28. The first-order valence-corrected chi connectivity index (χ1v) is 6.95. The van der Waals surface area contributed by atoms with Gasteiger partial charge in [0.15, 0.2) is 0 Å². The Kier molecular flexibility index (Phi) is 4.83. The highest BCUT2D eigenvalue weighted by molar-refractivity contribution is 6.31. The predicted molar refractivity (Wildman–Crippen MR) is 87.8 cm³/mol. The maximum absolute atomic E-state index is 12.3. The minimum Gasteiger partial charge on any atom is -0.376 e. The van der Waals surface area contributed by atoms with Crippen LogP contribution in [0.15, 0.2) is 48.5 Å². The van der Waals surface area contributed by atoms with E-state index in [-0.39, 0.29) is 5.91 Å². The van der Waals surface area contributed by atoms with Gasteiger partial charge in [-0.05, 0) is 23.8 Å². The van der Waals surface area contributed by atoms with E-state index in [1.165, 1.54) is 0 Å². The molecule has 5 heteroatoms. The Morgan fingerprint density at radius 3 is 2.48 bits per heavy atom. The zero-order chi connectivity index (χ0) is 15.4. The number of hydrogen-bond donors (Lipinski definition) is 2. The second-order valence-corrected chi connectivity index (χ2v) is 5.37. The van der Waals surface area contributed by atoms with Crippen LogP contribution in [0.25, 0.3) is 0 Å². The summed E-state index contributed by atoms with van der Waals surface area (Å²) in [7, 11) is 3.80. The smallest absolute Gasteiger partial charge is 0.245 e. The van der Waals surface area contributed by atoms with Crippen LogP contribution in [0.4, 0.5) is 11.4 Å². The maximum atomic E-state index is 12.3. The van der Waals surface area contributed by atoms with E-state index in [0.29, 0.717) is 10.7 Å². The Bertz CT molecular complexity index is 629. The second kappa shape index (κ2) is 6.61. The molecule has 0 bridgehead atoms. The Balaban J connectivity index is 2.22. The summed E-state index contributed by atoms with van der Waals surface area (Å²) in [5.74, 6) is -0.272. The maximum Gasteiger partial charge on any atom is 0.245 e. The molecule has 0 heterocycles. The van der Waals surface area contributed by atoms with Gasteiger partial charge in [-0.1, -0.05) is 41.9 Å². The second-order valence-electron chi connectivity index (χ2n) is 4.93. The molecule has 21 heavy (non-hydrogen) atoms. The summed E-state index contributed by atoms with van der Waals surface area (Å²) in [5, 5.41) is 3.40. The Labute approximate surface area is 129 Å². The lowest BCUT2D eigenvalue weighted by Gasteiger charge is -2.20. The van der Waals surface area contributed by atoms with Crippen LogP contribution >= 0.6 is 11.6 Å². The van der Waals surface area contributed by atoms with Crippen LogP contribution < -0.4 is 16.0 Å². The van der Waals surface area contributed by atoms with Crippen LogP contribution in [0.2, 0.25) is 5.02 Å². The summed E-state index contributed by atoms with van der Waals surface area (Å²) in [6.07, 6.45) is 0. The highest BCUT2D eigenvalue weighted by atomic mass is 35.5. The Morgan fingerprint density at radius 1 is 1.19 bits per heavy atom. The van der Waals surface area contributed by atoms with Gasteiger partial charge in [-0.3, -0.25) is 4.79 Å². The number of carbonyl (C=O) groups is 1. The van der Waals surface area contributed by atoms with Crippen molar-refractivity contribution >= 4 is 28.9 Å². The molecule has 2 rings (SSSR count). The van der Waals surface area contributed by atoms with E-state index in [0.717, 1.165) is 11.3 Å². The van der Waals surface area contributed by atoms with E-state index in [2.05, 4.69) is 5.32 Å². The number of hydrogen-bond acceptors (Lipinski definition) is 3. The van der Waals surface area contributed by atoms with E-state index >= 15 is 0 Å². The summed E-state index contributed by atoms with van der Waals surface area (Å²) in [6, 6.07) is 13.9. The van der Waals surface area contributed by atoms with Crippen LogP contribution in [0, 0.1) is 0 Å². The highest BCUT2D eigenvalue weighted by Crippen LogP contribution is 2.28. The van der Waals surface area contributed by atoms with Crippen LogP contribution in [-0.2, 0) is 4.79 Å². The molecule has 3 N–H and O–H groups in total. The van der Waals surface area contributed by atoms with Gasteiger partial charge in [-0.2, -0.15) is 0 Å². The summed E-state index contributed by atoms with van der Waals surface area (Å²) in [6.45, 7) is 0. The average Bonchev–Trinajstić information content (AvgIpc) is 2.47. The fraction of sp³-hybridized carbons (Fsp3) is 0.188. The topological polar surface area (TPSA) is 58.4 Å². The lowest BCUT2D eigenvalue weighted by molar-refractivity contribution is -0.117. The molecule has 2 aromatic rings. The normalized spacial score (nSPS) is 11.8. The van der Waals surface area contributed by atoms with E-state index in [1.807, 2.05) is 55.4 Å². The van der Waals surface area contributed by atoms with Crippen molar-refractivity contribution < 1.29 is 4.79 Å². The summed E-state index contributed by atoms with van der Waals surface area (Å²) in [5.41, 5.74) is 8.27. The molecule has 2 aromatic carbocycles. The van der Waals surface area contributed by atoms with Gasteiger partial charge in [0.25, 0.3) is 0 Å². The molecule has 0 aliphatic rings. The number of carbonyl (C=O) groups excluding carboxylic acids is 1.